The van der Waals surface area contributed by atoms with Crippen molar-refractivity contribution in [2.75, 3.05) is 19.7 Å². The molecule has 6 nitrogen and oxygen atoms in total. The highest BCUT2D eigenvalue weighted by molar-refractivity contribution is 5.80. The van der Waals surface area contributed by atoms with E-state index >= 15 is 0 Å². The summed E-state index contributed by atoms with van der Waals surface area (Å²) in [5, 5.41) is 27.1. The van der Waals surface area contributed by atoms with Gasteiger partial charge >= 0.3 is 11.9 Å². The standard InChI is InChI=1S/C18H35NO5/c1-2-3-4-5-6-7-8-9-10-11-12-19(13-14-20)16(18(23)24)15-17(21)22/h16,20H,2-15H2,1H3,(H,21,22)(H,23,24)/t16-/m0/s1. The third-order valence-corrected chi connectivity index (χ3v) is 4.28. The Morgan fingerprint density at radius 2 is 1.33 bits per heavy atom. The largest absolute Gasteiger partial charge is 0.481 e. The van der Waals surface area contributed by atoms with Crippen molar-refractivity contribution < 1.29 is 24.9 Å². The van der Waals surface area contributed by atoms with Gasteiger partial charge < -0.3 is 15.3 Å². The van der Waals surface area contributed by atoms with Gasteiger partial charge in [0, 0.05) is 6.54 Å². The van der Waals surface area contributed by atoms with Crippen molar-refractivity contribution in [3.63, 3.8) is 0 Å². The fraction of sp³-hybridized carbons (Fsp3) is 0.889. The lowest BCUT2D eigenvalue weighted by Crippen LogP contribution is -2.44. The van der Waals surface area contributed by atoms with E-state index in [1.54, 1.807) is 4.90 Å². The van der Waals surface area contributed by atoms with Gasteiger partial charge in [-0.1, -0.05) is 64.7 Å². The Bertz CT molecular complexity index is 335. The van der Waals surface area contributed by atoms with E-state index in [0.717, 1.165) is 19.3 Å². The first kappa shape index (κ1) is 22.9. The Morgan fingerprint density at radius 1 is 0.833 bits per heavy atom. The van der Waals surface area contributed by atoms with Gasteiger partial charge in [-0.05, 0) is 13.0 Å². The maximum atomic E-state index is 11.2. The smallest absolute Gasteiger partial charge is 0.321 e. The van der Waals surface area contributed by atoms with E-state index in [4.69, 9.17) is 10.2 Å². The van der Waals surface area contributed by atoms with Gasteiger partial charge in [0.15, 0.2) is 0 Å². The average Bonchev–Trinajstić information content (AvgIpc) is 2.53. The van der Waals surface area contributed by atoms with Gasteiger partial charge in [0.05, 0.1) is 13.0 Å². The summed E-state index contributed by atoms with van der Waals surface area (Å²) in [5.74, 6) is -2.27. The second kappa shape index (κ2) is 15.4. The predicted octanol–water partition coefficient (Wildman–Crippen LogP) is 3.13. The van der Waals surface area contributed by atoms with Crippen LogP contribution in [0.15, 0.2) is 0 Å². The monoisotopic (exact) mass is 345 g/mol. The summed E-state index contributed by atoms with van der Waals surface area (Å²) in [6.45, 7) is 2.76. The van der Waals surface area contributed by atoms with Crippen LogP contribution in [0.5, 0.6) is 0 Å². The van der Waals surface area contributed by atoms with Crippen molar-refractivity contribution in [2.24, 2.45) is 0 Å². The number of nitrogens with zero attached hydrogens (tertiary/aromatic N) is 1. The molecule has 0 aliphatic rings. The highest BCUT2D eigenvalue weighted by Crippen LogP contribution is 2.12. The molecule has 0 aliphatic heterocycles. The van der Waals surface area contributed by atoms with E-state index < -0.39 is 24.4 Å². The van der Waals surface area contributed by atoms with Crippen LogP contribution in [0.3, 0.4) is 0 Å². The molecule has 3 N–H and O–H groups in total. The molecule has 0 heterocycles. The molecule has 142 valence electrons. The third-order valence-electron chi connectivity index (χ3n) is 4.28. The Balaban J connectivity index is 3.91. The lowest BCUT2D eigenvalue weighted by atomic mass is 10.1. The van der Waals surface area contributed by atoms with Crippen LogP contribution in [0.1, 0.15) is 77.6 Å². The number of carboxylic acids is 2. The van der Waals surface area contributed by atoms with Gasteiger partial charge in [-0.15, -0.1) is 0 Å². The molecular weight excluding hydrogens is 310 g/mol. The number of unbranched alkanes of at least 4 members (excludes halogenated alkanes) is 9. The Kier molecular flexibility index (Phi) is 14.7. The minimum atomic E-state index is -1.14. The first-order valence-corrected chi connectivity index (χ1v) is 9.32. The molecule has 0 amide bonds. The van der Waals surface area contributed by atoms with Crippen LogP contribution in [0.2, 0.25) is 0 Å². The topological polar surface area (TPSA) is 98.1 Å². The molecule has 6 heteroatoms. The maximum absolute atomic E-state index is 11.2. The summed E-state index contributed by atoms with van der Waals surface area (Å²) in [5.41, 5.74) is 0. The zero-order chi connectivity index (χ0) is 18.2. The Morgan fingerprint density at radius 3 is 1.75 bits per heavy atom. The van der Waals surface area contributed by atoms with Crippen molar-refractivity contribution in [3.05, 3.63) is 0 Å². The van der Waals surface area contributed by atoms with Crippen molar-refractivity contribution >= 4 is 11.9 Å². The van der Waals surface area contributed by atoms with Crippen LogP contribution < -0.4 is 0 Å². The number of hydrogen-bond acceptors (Lipinski definition) is 4. The number of aliphatic hydroxyl groups excluding tert-OH is 1. The van der Waals surface area contributed by atoms with E-state index in [1.807, 2.05) is 0 Å². The molecule has 0 rings (SSSR count). The molecule has 0 radical (unpaired) electrons. The van der Waals surface area contributed by atoms with E-state index in [-0.39, 0.29) is 13.2 Å². The average molecular weight is 345 g/mol. The van der Waals surface area contributed by atoms with Crippen LogP contribution in [-0.4, -0.2) is 57.9 Å². The van der Waals surface area contributed by atoms with Crippen LogP contribution in [0.25, 0.3) is 0 Å². The minimum absolute atomic E-state index is 0.166. The molecule has 0 saturated heterocycles. The van der Waals surface area contributed by atoms with Crippen LogP contribution in [-0.2, 0) is 9.59 Å². The number of carboxylic acid groups (broad SMARTS) is 2. The fourth-order valence-electron chi connectivity index (χ4n) is 2.89. The van der Waals surface area contributed by atoms with Gasteiger partial charge in [-0.3, -0.25) is 14.5 Å². The minimum Gasteiger partial charge on any atom is -0.481 e. The second-order valence-electron chi connectivity index (χ2n) is 6.39. The number of aliphatic hydroxyl groups is 1. The zero-order valence-corrected chi connectivity index (χ0v) is 15.1. The number of carbonyl (C=O) groups is 2. The molecular formula is C18H35NO5. The highest BCUT2D eigenvalue weighted by atomic mass is 16.4. The highest BCUT2D eigenvalue weighted by Gasteiger charge is 2.27. The first-order valence-electron chi connectivity index (χ1n) is 9.32. The van der Waals surface area contributed by atoms with Crippen LogP contribution >= 0.6 is 0 Å². The predicted molar refractivity (Wildman–Crippen MR) is 94.2 cm³/mol. The number of rotatable bonds is 17. The maximum Gasteiger partial charge on any atom is 0.321 e. The van der Waals surface area contributed by atoms with Crippen molar-refractivity contribution in [1.82, 2.24) is 4.90 Å². The van der Waals surface area contributed by atoms with E-state index in [0.29, 0.717) is 6.54 Å². The normalized spacial score (nSPS) is 12.5. The zero-order valence-electron chi connectivity index (χ0n) is 15.1. The first-order chi connectivity index (χ1) is 11.5. The van der Waals surface area contributed by atoms with Crippen molar-refractivity contribution in [2.45, 2.75) is 83.6 Å². The summed E-state index contributed by atoms with van der Waals surface area (Å²) in [7, 11) is 0. The molecule has 0 aromatic carbocycles. The Hall–Kier alpha value is -1.14. The van der Waals surface area contributed by atoms with Gasteiger partial charge in [0.1, 0.15) is 6.04 Å². The van der Waals surface area contributed by atoms with Crippen LogP contribution in [0, 0.1) is 0 Å². The quantitative estimate of drug-likeness (QED) is 0.350. The Labute approximate surface area is 145 Å². The molecule has 0 fully saturated rings. The summed E-state index contributed by atoms with van der Waals surface area (Å²) < 4.78 is 0. The molecule has 0 aromatic rings. The fourth-order valence-corrected chi connectivity index (χ4v) is 2.89. The van der Waals surface area contributed by atoms with E-state index in [1.165, 1.54) is 44.9 Å². The molecule has 0 bridgehead atoms. The lowest BCUT2D eigenvalue weighted by molar-refractivity contribution is -0.150. The van der Waals surface area contributed by atoms with E-state index in [2.05, 4.69) is 6.92 Å². The molecule has 0 aliphatic carbocycles. The summed E-state index contributed by atoms with van der Waals surface area (Å²) in [4.78, 5) is 23.6. The van der Waals surface area contributed by atoms with Crippen molar-refractivity contribution in [3.8, 4) is 0 Å². The number of aliphatic carboxylic acids is 2. The van der Waals surface area contributed by atoms with Crippen molar-refractivity contribution in [1.29, 1.82) is 0 Å². The van der Waals surface area contributed by atoms with Gasteiger partial charge in [-0.25, -0.2) is 0 Å². The van der Waals surface area contributed by atoms with E-state index in [9.17, 15) is 14.7 Å². The third kappa shape index (κ3) is 12.3. The molecule has 0 spiro atoms. The summed E-state index contributed by atoms with van der Waals surface area (Å²) in [6.07, 6.45) is 11.5. The lowest BCUT2D eigenvalue weighted by Gasteiger charge is -2.27. The molecule has 0 saturated carbocycles. The molecule has 1 atom stereocenters. The summed E-state index contributed by atoms with van der Waals surface area (Å²) >= 11 is 0. The molecule has 0 unspecified atom stereocenters. The van der Waals surface area contributed by atoms with Gasteiger partial charge in [-0.2, -0.15) is 0 Å². The second-order valence-corrected chi connectivity index (χ2v) is 6.39. The SMILES string of the molecule is CCCCCCCCCCCCN(CCO)[C@@H](CC(=O)O)C(=O)O. The molecule has 0 aromatic heterocycles. The van der Waals surface area contributed by atoms with Gasteiger partial charge in [0.2, 0.25) is 0 Å². The van der Waals surface area contributed by atoms with Crippen LogP contribution in [0.4, 0.5) is 0 Å². The van der Waals surface area contributed by atoms with Gasteiger partial charge in [0.25, 0.3) is 0 Å². The summed E-state index contributed by atoms with van der Waals surface area (Å²) in [6, 6.07) is -1.06. The number of hydrogen-bond donors (Lipinski definition) is 3. The molecule has 24 heavy (non-hydrogen) atoms.